The van der Waals surface area contributed by atoms with Crippen molar-refractivity contribution < 1.29 is 35.8 Å². The molecule has 7 heteroatoms. The molecule has 0 fully saturated rings. The van der Waals surface area contributed by atoms with Crippen molar-refractivity contribution in [3.63, 3.8) is 0 Å². The van der Waals surface area contributed by atoms with Crippen LogP contribution in [0.3, 0.4) is 0 Å². The number of carboxylic acids is 1. The van der Waals surface area contributed by atoms with Gasteiger partial charge < -0.3 is 24.8 Å². The first-order valence-electron chi connectivity index (χ1n) is 8.78. The molecule has 3 aromatic carbocycles. The number of carbonyl (C=O) groups is 2. The lowest BCUT2D eigenvalue weighted by Gasteiger charge is -2.36. The van der Waals surface area contributed by atoms with Crippen LogP contribution in [-0.4, -0.2) is 27.3 Å². The minimum atomic E-state index is -1.55. The molecule has 3 N–H and O–H groups in total. The number of ether oxygens (including phenoxy) is 2. The van der Waals surface area contributed by atoms with Crippen molar-refractivity contribution in [3.8, 4) is 23.0 Å². The summed E-state index contributed by atoms with van der Waals surface area (Å²) in [7, 11) is 0. The van der Waals surface area contributed by atoms with Crippen molar-refractivity contribution in [2.75, 3.05) is 0 Å². The van der Waals surface area contributed by atoms with Crippen molar-refractivity contribution in [2.24, 2.45) is 0 Å². The van der Waals surface area contributed by atoms with E-state index in [2.05, 4.69) is 0 Å². The molecule has 2 heterocycles. The van der Waals surface area contributed by atoms with Crippen molar-refractivity contribution in [1.82, 2.24) is 0 Å². The minimum Gasteiger partial charge on any atom is -0.508 e. The van der Waals surface area contributed by atoms with Crippen molar-refractivity contribution in [1.29, 1.82) is 0 Å². The molecule has 0 atom stereocenters. The Kier molecular flexibility index (Phi) is 2.84. The molecule has 0 aliphatic carbocycles. The normalized spacial score (nSPS) is 15.7. The predicted molar refractivity (Wildman–Crippen MR) is 95.0 cm³/mol. The maximum Gasteiger partial charge on any atom is 0.340 e. The van der Waals surface area contributed by atoms with E-state index in [0.717, 1.165) is 0 Å². The first-order chi connectivity index (χ1) is 13.8. The number of hydrogen-bond acceptors (Lipinski definition) is 6. The number of hydrogen-bond donors (Lipinski definition) is 3. The number of phenols is 2. The summed E-state index contributed by atoms with van der Waals surface area (Å²) in [6, 6.07) is 10.6. The quantitative estimate of drug-likeness (QED) is 0.557. The minimum absolute atomic E-state index is 0.0694. The summed E-state index contributed by atoms with van der Waals surface area (Å²) < 4.78 is 19.6. The summed E-state index contributed by atoms with van der Waals surface area (Å²) in [6.45, 7) is 0. The molecule has 0 radical (unpaired) electrons. The number of aromatic carboxylic acids is 1. The zero-order valence-corrected chi connectivity index (χ0v) is 14.1. The molecule has 0 saturated carbocycles. The van der Waals surface area contributed by atoms with E-state index in [-0.39, 0.29) is 45.7 Å². The molecule has 0 unspecified atom stereocenters. The zero-order chi connectivity index (χ0) is 20.5. The van der Waals surface area contributed by atoms with Crippen molar-refractivity contribution in [2.45, 2.75) is 5.60 Å². The molecule has 0 bridgehead atoms. The molecule has 3 aromatic rings. The molecular formula is C21H12O7. The third-order valence-corrected chi connectivity index (χ3v) is 4.94. The third kappa shape index (κ3) is 1.98. The van der Waals surface area contributed by atoms with Crippen LogP contribution < -0.4 is 4.74 Å². The molecule has 0 aromatic heterocycles. The summed E-state index contributed by atoms with van der Waals surface area (Å²) in [5, 5.41) is 29.2. The molecule has 0 amide bonds. The zero-order valence-electron chi connectivity index (χ0n) is 15.1. The Morgan fingerprint density at radius 2 is 1.54 bits per heavy atom. The first-order valence-corrected chi connectivity index (χ1v) is 8.28. The van der Waals surface area contributed by atoms with Gasteiger partial charge in [0, 0.05) is 28.8 Å². The second kappa shape index (κ2) is 5.26. The fraction of sp³-hybridized carbons (Fsp3) is 0.0476. The fourth-order valence-corrected chi connectivity index (χ4v) is 3.76. The number of benzene rings is 3. The Morgan fingerprint density at radius 3 is 2.11 bits per heavy atom. The van der Waals surface area contributed by atoms with E-state index in [1.807, 2.05) is 0 Å². The molecule has 1 spiro atoms. The van der Waals surface area contributed by atoms with Crippen LogP contribution in [-0.2, 0) is 10.3 Å². The van der Waals surface area contributed by atoms with Gasteiger partial charge in [-0.05, 0) is 42.4 Å². The molecule has 2 aliphatic rings. The Labute approximate surface area is 159 Å². The van der Waals surface area contributed by atoms with Crippen LogP contribution in [0.4, 0.5) is 0 Å². The van der Waals surface area contributed by atoms with Crippen LogP contribution in [0, 0.1) is 0 Å². The lowest BCUT2D eigenvalue weighted by molar-refractivity contribution is 0.0224. The number of esters is 1. The summed E-state index contributed by atoms with van der Waals surface area (Å²) in [5.41, 5.74) is -0.745. The van der Waals surface area contributed by atoms with E-state index >= 15 is 0 Å². The van der Waals surface area contributed by atoms with Crippen LogP contribution in [0.25, 0.3) is 0 Å². The highest BCUT2D eigenvalue weighted by atomic mass is 16.6. The second-order valence-electron chi connectivity index (χ2n) is 6.51. The van der Waals surface area contributed by atoms with E-state index in [1.165, 1.54) is 48.5 Å². The molecular weight excluding hydrogens is 364 g/mol. The van der Waals surface area contributed by atoms with E-state index in [4.69, 9.17) is 10.8 Å². The molecule has 0 saturated heterocycles. The van der Waals surface area contributed by atoms with Crippen molar-refractivity contribution in [3.05, 3.63) is 82.4 Å². The second-order valence-corrected chi connectivity index (χ2v) is 6.51. The molecule has 2 aliphatic heterocycles. The highest BCUT2D eigenvalue weighted by Gasteiger charge is 2.53. The third-order valence-electron chi connectivity index (χ3n) is 4.94. The Bertz CT molecular complexity index is 1200. The van der Waals surface area contributed by atoms with E-state index in [1.54, 1.807) is 0 Å². The molecule has 138 valence electrons. The molecule has 28 heavy (non-hydrogen) atoms. The van der Waals surface area contributed by atoms with Gasteiger partial charge in [0.05, 0.1) is 12.5 Å². The van der Waals surface area contributed by atoms with Crippen LogP contribution in [0.15, 0.2) is 54.6 Å². The number of carbonyl (C=O) groups excluding carboxylic acids is 1. The lowest BCUT2D eigenvalue weighted by Crippen LogP contribution is -2.33. The highest BCUT2D eigenvalue weighted by Crippen LogP contribution is 2.57. The summed E-state index contributed by atoms with van der Waals surface area (Å²) in [4.78, 5) is 24.4. The fourth-order valence-electron chi connectivity index (χ4n) is 3.76. The van der Waals surface area contributed by atoms with Crippen molar-refractivity contribution >= 4 is 11.9 Å². The number of fused-ring (bicyclic) bond motifs is 6. The standard InChI is InChI=1S/C21H12O7/c22-11-2-5-14-17(8-11)27-18-9-12(23)3-6-15(18)21(14)16-7-10(19(24)25)1-4-13(16)20(26)28-21/h1-9,22-23H,(H,24,25)/i1D. The van der Waals surface area contributed by atoms with Crippen LogP contribution in [0.1, 0.15) is 38.8 Å². The van der Waals surface area contributed by atoms with Crippen LogP contribution in [0.5, 0.6) is 23.0 Å². The Hall–Kier alpha value is -4.00. The van der Waals surface area contributed by atoms with E-state index < -0.39 is 17.5 Å². The summed E-state index contributed by atoms with van der Waals surface area (Å²) >= 11 is 0. The smallest absolute Gasteiger partial charge is 0.340 e. The number of aromatic hydroxyl groups is 2. The Morgan fingerprint density at radius 1 is 0.929 bits per heavy atom. The van der Waals surface area contributed by atoms with Gasteiger partial charge in [0.15, 0.2) is 5.60 Å². The SMILES string of the molecule is [2H]c1cc2c(cc1C(=O)O)C1(OC2=O)c2ccc(O)cc2Oc2cc(O)ccc21. The van der Waals surface area contributed by atoms with E-state index in [9.17, 15) is 24.9 Å². The summed E-state index contributed by atoms with van der Waals surface area (Å²) in [5.74, 6) is -1.81. The van der Waals surface area contributed by atoms with Gasteiger partial charge in [-0.25, -0.2) is 9.59 Å². The largest absolute Gasteiger partial charge is 0.508 e. The van der Waals surface area contributed by atoms with Crippen LogP contribution >= 0.6 is 0 Å². The van der Waals surface area contributed by atoms with Gasteiger partial charge in [0.25, 0.3) is 0 Å². The average Bonchev–Trinajstić information content (AvgIpc) is 2.93. The van der Waals surface area contributed by atoms with E-state index in [0.29, 0.717) is 11.1 Å². The van der Waals surface area contributed by atoms with Gasteiger partial charge in [-0.15, -0.1) is 0 Å². The topological polar surface area (TPSA) is 113 Å². The maximum atomic E-state index is 12.7. The lowest BCUT2D eigenvalue weighted by atomic mass is 9.77. The van der Waals surface area contributed by atoms with Gasteiger partial charge in [0.1, 0.15) is 23.0 Å². The highest BCUT2D eigenvalue weighted by molar-refractivity contribution is 5.99. The average molecular weight is 377 g/mol. The van der Waals surface area contributed by atoms with Gasteiger partial charge in [-0.3, -0.25) is 0 Å². The maximum absolute atomic E-state index is 12.7. The Balaban J connectivity index is 1.91. The first kappa shape index (κ1) is 15.1. The number of carboxylic acid groups (broad SMARTS) is 1. The molecule has 5 rings (SSSR count). The van der Waals surface area contributed by atoms with Gasteiger partial charge in [0.2, 0.25) is 0 Å². The monoisotopic (exact) mass is 377 g/mol. The number of phenolic OH excluding ortho intramolecular Hbond substituents is 2. The van der Waals surface area contributed by atoms with Gasteiger partial charge >= 0.3 is 11.9 Å². The van der Waals surface area contributed by atoms with Gasteiger partial charge in [-0.2, -0.15) is 0 Å². The number of rotatable bonds is 1. The predicted octanol–water partition coefficient (Wildman–Crippen LogP) is 3.36. The van der Waals surface area contributed by atoms with Gasteiger partial charge in [-0.1, -0.05) is 0 Å². The summed E-state index contributed by atoms with van der Waals surface area (Å²) in [6.07, 6.45) is 0. The van der Waals surface area contributed by atoms with Crippen LogP contribution in [0.2, 0.25) is 0 Å². The molecule has 7 nitrogen and oxygen atoms in total.